The molecule has 1 aromatic rings. The summed E-state index contributed by atoms with van der Waals surface area (Å²) in [6.45, 7) is -0.666. The fourth-order valence-corrected chi connectivity index (χ4v) is 1.37. The summed E-state index contributed by atoms with van der Waals surface area (Å²) in [5.41, 5.74) is 5.56. The predicted octanol–water partition coefficient (Wildman–Crippen LogP) is 1.54. The highest BCUT2D eigenvalue weighted by molar-refractivity contribution is 5.92. The molecule has 4 nitrogen and oxygen atoms in total. The standard InChI is InChI=1S/C11H14F3N3O/c1-17(5-10(13)14)6-11(18)16-7-2-3-8(12)9(15)4-7/h2-4,10H,5-6,15H2,1H3,(H,16,18). The summed E-state index contributed by atoms with van der Waals surface area (Å²) in [6.07, 6.45) is -2.50. The molecular weight excluding hydrogens is 247 g/mol. The summed E-state index contributed by atoms with van der Waals surface area (Å²) in [4.78, 5) is 12.7. The molecule has 0 spiro atoms. The van der Waals surface area contributed by atoms with Crippen molar-refractivity contribution in [3.63, 3.8) is 0 Å². The second kappa shape index (κ2) is 6.25. The van der Waals surface area contributed by atoms with Crippen LogP contribution in [0.25, 0.3) is 0 Å². The first-order chi connectivity index (χ1) is 8.38. The Hall–Kier alpha value is -1.76. The number of nitrogens with one attached hydrogen (secondary N) is 1. The molecule has 0 bridgehead atoms. The van der Waals surface area contributed by atoms with Crippen LogP contribution in [0.4, 0.5) is 24.5 Å². The summed E-state index contributed by atoms with van der Waals surface area (Å²) < 4.78 is 36.9. The Morgan fingerprint density at radius 1 is 1.50 bits per heavy atom. The van der Waals surface area contributed by atoms with Crippen LogP contribution in [0, 0.1) is 5.82 Å². The number of halogens is 3. The minimum absolute atomic E-state index is 0.0891. The van der Waals surface area contributed by atoms with E-state index in [0.29, 0.717) is 5.69 Å². The van der Waals surface area contributed by atoms with Crippen molar-refractivity contribution in [3.05, 3.63) is 24.0 Å². The lowest BCUT2D eigenvalue weighted by atomic mass is 10.2. The molecule has 0 aromatic heterocycles. The van der Waals surface area contributed by atoms with Gasteiger partial charge in [-0.25, -0.2) is 13.2 Å². The number of carbonyl (C=O) groups excluding carboxylic acids is 1. The molecule has 0 aliphatic carbocycles. The lowest BCUT2D eigenvalue weighted by Gasteiger charge is -2.15. The van der Waals surface area contributed by atoms with E-state index in [1.165, 1.54) is 24.1 Å². The molecule has 0 saturated carbocycles. The van der Waals surface area contributed by atoms with Gasteiger partial charge in [-0.15, -0.1) is 0 Å². The Bertz CT molecular complexity index is 426. The Morgan fingerprint density at radius 2 is 2.17 bits per heavy atom. The van der Waals surface area contributed by atoms with Crippen LogP contribution in [0.15, 0.2) is 18.2 Å². The van der Waals surface area contributed by atoms with Gasteiger partial charge in [-0.1, -0.05) is 0 Å². The maximum Gasteiger partial charge on any atom is 0.251 e. The van der Waals surface area contributed by atoms with Gasteiger partial charge in [0, 0.05) is 5.69 Å². The molecular formula is C11H14F3N3O. The second-order valence-corrected chi connectivity index (χ2v) is 3.87. The third-order valence-corrected chi connectivity index (χ3v) is 2.14. The van der Waals surface area contributed by atoms with Crippen molar-refractivity contribution in [1.29, 1.82) is 0 Å². The fourth-order valence-electron chi connectivity index (χ4n) is 1.37. The predicted molar refractivity (Wildman–Crippen MR) is 62.9 cm³/mol. The van der Waals surface area contributed by atoms with Gasteiger partial charge in [0.2, 0.25) is 5.91 Å². The molecule has 0 fully saturated rings. The lowest BCUT2D eigenvalue weighted by molar-refractivity contribution is -0.117. The molecule has 0 atom stereocenters. The highest BCUT2D eigenvalue weighted by atomic mass is 19.3. The number of benzene rings is 1. The van der Waals surface area contributed by atoms with Crippen LogP contribution in [0.1, 0.15) is 0 Å². The zero-order chi connectivity index (χ0) is 13.7. The molecule has 0 unspecified atom stereocenters. The highest BCUT2D eigenvalue weighted by Crippen LogP contribution is 2.16. The third kappa shape index (κ3) is 4.62. The maximum absolute atomic E-state index is 12.9. The normalized spacial score (nSPS) is 11.0. The average molecular weight is 261 g/mol. The van der Waals surface area contributed by atoms with Gasteiger partial charge >= 0.3 is 0 Å². The molecule has 0 aliphatic heterocycles. The fraction of sp³-hybridized carbons (Fsp3) is 0.364. The lowest BCUT2D eigenvalue weighted by Crippen LogP contribution is -2.33. The molecule has 1 aromatic carbocycles. The van der Waals surface area contributed by atoms with Crippen molar-refractivity contribution in [2.24, 2.45) is 0 Å². The topological polar surface area (TPSA) is 58.4 Å². The van der Waals surface area contributed by atoms with Crippen molar-refractivity contribution in [2.45, 2.75) is 6.43 Å². The van der Waals surface area contributed by atoms with E-state index in [4.69, 9.17) is 5.73 Å². The number of nitrogen functional groups attached to an aromatic ring is 1. The number of nitrogens with zero attached hydrogens (tertiary/aromatic N) is 1. The third-order valence-electron chi connectivity index (χ3n) is 2.14. The number of nitrogens with two attached hydrogens (primary N) is 1. The molecule has 7 heteroatoms. The van der Waals surface area contributed by atoms with Gasteiger partial charge in [0.25, 0.3) is 6.43 Å². The van der Waals surface area contributed by atoms with Gasteiger partial charge in [0.1, 0.15) is 5.82 Å². The van der Waals surface area contributed by atoms with E-state index in [-0.39, 0.29) is 12.2 Å². The Balaban J connectivity index is 2.51. The molecule has 0 aliphatic rings. The van der Waals surface area contributed by atoms with E-state index in [2.05, 4.69) is 5.32 Å². The van der Waals surface area contributed by atoms with Crippen molar-refractivity contribution in [3.8, 4) is 0 Å². The summed E-state index contributed by atoms with van der Waals surface area (Å²) >= 11 is 0. The number of alkyl halides is 2. The van der Waals surface area contributed by atoms with Gasteiger partial charge in [-0.3, -0.25) is 9.69 Å². The average Bonchev–Trinajstić information content (AvgIpc) is 2.21. The van der Waals surface area contributed by atoms with Crippen molar-refractivity contribution < 1.29 is 18.0 Å². The largest absolute Gasteiger partial charge is 0.396 e. The van der Waals surface area contributed by atoms with Gasteiger partial charge < -0.3 is 11.1 Å². The van der Waals surface area contributed by atoms with Gasteiger partial charge in [0.05, 0.1) is 18.8 Å². The van der Waals surface area contributed by atoms with Crippen LogP contribution in [0.2, 0.25) is 0 Å². The quantitative estimate of drug-likeness (QED) is 0.790. The number of carbonyl (C=O) groups is 1. The zero-order valence-corrected chi connectivity index (χ0v) is 9.79. The summed E-state index contributed by atoms with van der Waals surface area (Å²) in [7, 11) is 1.41. The van der Waals surface area contributed by atoms with Crippen LogP contribution in [0.3, 0.4) is 0 Å². The zero-order valence-electron chi connectivity index (χ0n) is 9.79. The number of amides is 1. The smallest absolute Gasteiger partial charge is 0.251 e. The van der Waals surface area contributed by atoms with Crippen LogP contribution in [0.5, 0.6) is 0 Å². The van der Waals surface area contributed by atoms with E-state index in [0.717, 1.165) is 6.07 Å². The Morgan fingerprint density at radius 3 is 2.72 bits per heavy atom. The van der Waals surface area contributed by atoms with Crippen LogP contribution >= 0.6 is 0 Å². The first-order valence-electron chi connectivity index (χ1n) is 5.20. The molecule has 0 heterocycles. The van der Waals surface area contributed by atoms with Crippen molar-refractivity contribution in [1.82, 2.24) is 4.90 Å². The minimum atomic E-state index is -2.50. The highest BCUT2D eigenvalue weighted by Gasteiger charge is 2.12. The second-order valence-electron chi connectivity index (χ2n) is 3.87. The van der Waals surface area contributed by atoms with Crippen LogP contribution < -0.4 is 11.1 Å². The van der Waals surface area contributed by atoms with Gasteiger partial charge in [0.15, 0.2) is 0 Å². The van der Waals surface area contributed by atoms with Gasteiger partial charge in [-0.05, 0) is 25.2 Å². The summed E-state index contributed by atoms with van der Waals surface area (Å²) in [5, 5.41) is 2.44. The molecule has 100 valence electrons. The first-order valence-corrected chi connectivity index (χ1v) is 5.20. The molecule has 1 amide bonds. The number of anilines is 2. The van der Waals surface area contributed by atoms with E-state index >= 15 is 0 Å². The van der Waals surface area contributed by atoms with Crippen molar-refractivity contribution in [2.75, 3.05) is 31.2 Å². The van der Waals surface area contributed by atoms with Crippen LogP contribution in [-0.2, 0) is 4.79 Å². The number of hydrogen-bond donors (Lipinski definition) is 2. The SMILES string of the molecule is CN(CC(=O)Nc1ccc(F)c(N)c1)CC(F)F. The maximum atomic E-state index is 12.9. The minimum Gasteiger partial charge on any atom is -0.396 e. The van der Waals surface area contributed by atoms with E-state index in [1.807, 2.05) is 0 Å². The van der Waals surface area contributed by atoms with E-state index in [1.54, 1.807) is 0 Å². The van der Waals surface area contributed by atoms with E-state index < -0.39 is 24.7 Å². The monoisotopic (exact) mass is 261 g/mol. The van der Waals surface area contributed by atoms with E-state index in [9.17, 15) is 18.0 Å². The van der Waals surface area contributed by atoms with Crippen molar-refractivity contribution >= 4 is 17.3 Å². The summed E-state index contributed by atoms with van der Waals surface area (Å²) in [5.74, 6) is -1.05. The molecule has 1 rings (SSSR count). The van der Waals surface area contributed by atoms with Gasteiger partial charge in [-0.2, -0.15) is 0 Å². The molecule has 3 N–H and O–H groups in total. The Kier molecular flexibility index (Phi) is 4.96. The first kappa shape index (κ1) is 14.3. The number of hydrogen-bond acceptors (Lipinski definition) is 3. The summed E-state index contributed by atoms with van der Waals surface area (Å²) in [6, 6.07) is 3.73. The number of likely N-dealkylation sites (N-methyl/N-ethyl adjacent to an activating group) is 1. The van der Waals surface area contributed by atoms with Crippen LogP contribution in [-0.4, -0.2) is 37.4 Å². The molecule has 18 heavy (non-hydrogen) atoms. The molecule has 0 radical (unpaired) electrons. The Labute approximate surface area is 103 Å². The number of rotatable bonds is 5. The molecule has 0 saturated heterocycles.